The second kappa shape index (κ2) is 1.85. The lowest BCUT2D eigenvalue weighted by atomic mass is 10.1. The quantitative estimate of drug-likeness (QED) is 0.556. The molecular weight excluding hydrogens is 112 g/mol. The summed E-state index contributed by atoms with van der Waals surface area (Å²) in [6.07, 6.45) is 0. The summed E-state index contributed by atoms with van der Waals surface area (Å²) in [6, 6.07) is 0. The fraction of sp³-hybridized carbons (Fsp3) is 0.600. The largest absolute Gasteiger partial charge is 0.385 e. The second-order valence-corrected chi connectivity index (χ2v) is 2.42. The van der Waals surface area contributed by atoms with E-state index in [0.717, 1.165) is 0 Å². The molecule has 0 amide bonds. The first-order chi connectivity index (χ1) is 2.94. The summed E-state index contributed by atoms with van der Waals surface area (Å²) in [5.41, 5.74) is -0.929. The summed E-state index contributed by atoms with van der Waals surface area (Å²) >= 11 is 5.31. The molecule has 2 heteroatoms. The van der Waals surface area contributed by atoms with Gasteiger partial charge in [-0.3, -0.25) is 0 Å². The van der Waals surface area contributed by atoms with Crippen LogP contribution in [0, 0.1) is 0 Å². The Balaban J connectivity index is 3.79. The summed E-state index contributed by atoms with van der Waals surface area (Å²) in [4.78, 5) is 0. The van der Waals surface area contributed by atoms with Crippen molar-refractivity contribution in [2.45, 2.75) is 19.4 Å². The third-order valence-electron chi connectivity index (χ3n) is 0.664. The summed E-state index contributed by atoms with van der Waals surface area (Å²) in [5.74, 6) is 0. The van der Waals surface area contributed by atoms with Gasteiger partial charge in [-0.25, -0.2) is 0 Å². The number of rotatable bonds is 1. The molecule has 0 heterocycles. The van der Waals surface area contributed by atoms with Gasteiger partial charge in [-0.2, -0.15) is 0 Å². The maximum absolute atomic E-state index is 8.86. The van der Waals surface area contributed by atoms with Crippen LogP contribution in [0.15, 0.2) is 11.6 Å². The van der Waals surface area contributed by atoms with Crippen LogP contribution in [0.4, 0.5) is 0 Å². The Morgan fingerprint density at radius 2 is 1.86 bits per heavy atom. The number of halogens is 1. The molecule has 0 radical (unpaired) electrons. The topological polar surface area (TPSA) is 20.2 Å². The van der Waals surface area contributed by atoms with E-state index in [1.54, 1.807) is 13.8 Å². The minimum absolute atomic E-state index is 0.271. The second-order valence-electron chi connectivity index (χ2n) is 1.96. The van der Waals surface area contributed by atoms with E-state index < -0.39 is 5.60 Å². The highest BCUT2D eigenvalue weighted by molar-refractivity contribution is 6.30. The standard InChI is InChI=1S/C5H9ClO/c1-4(6)5(2,3)7/h7H,1H2,2-3H3. The molecule has 0 aromatic carbocycles. The molecule has 0 bridgehead atoms. The third kappa shape index (κ3) is 2.66. The lowest BCUT2D eigenvalue weighted by molar-refractivity contribution is 0.128. The van der Waals surface area contributed by atoms with Gasteiger partial charge >= 0.3 is 0 Å². The van der Waals surface area contributed by atoms with Crippen LogP contribution in [0.5, 0.6) is 0 Å². The van der Waals surface area contributed by atoms with E-state index >= 15 is 0 Å². The molecule has 0 unspecified atom stereocenters. The number of hydrogen-bond donors (Lipinski definition) is 1. The molecule has 1 N–H and O–H groups in total. The van der Waals surface area contributed by atoms with E-state index in [-0.39, 0.29) is 5.03 Å². The summed E-state index contributed by atoms with van der Waals surface area (Å²) < 4.78 is 0. The Morgan fingerprint density at radius 3 is 1.86 bits per heavy atom. The zero-order valence-corrected chi connectivity index (χ0v) is 5.29. The van der Waals surface area contributed by atoms with Crippen molar-refractivity contribution in [3.63, 3.8) is 0 Å². The van der Waals surface area contributed by atoms with Gasteiger partial charge in [0.2, 0.25) is 0 Å². The Morgan fingerprint density at radius 1 is 1.71 bits per heavy atom. The van der Waals surface area contributed by atoms with Gasteiger partial charge in [0.1, 0.15) is 0 Å². The van der Waals surface area contributed by atoms with Crippen LogP contribution in [-0.4, -0.2) is 10.7 Å². The highest BCUT2D eigenvalue weighted by Gasteiger charge is 2.13. The Bertz CT molecular complexity index is 80.6. The van der Waals surface area contributed by atoms with Crippen LogP contribution < -0.4 is 0 Å². The molecule has 0 aromatic heterocycles. The van der Waals surface area contributed by atoms with Crippen LogP contribution in [-0.2, 0) is 0 Å². The molecule has 0 atom stereocenters. The highest BCUT2D eigenvalue weighted by atomic mass is 35.5. The van der Waals surface area contributed by atoms with Crippen LogP contribution in [0.2, 0.25) is 0 Å². The first-order valence-electron chi connectivity index (χ1n) is 2.02. The van der Waals surface area contributed by atoms with E-state index in [0.29, 0.717) is 0 Å². The molecule has 7 heavy (non-hydrogen) atoms. The molecule has 0 spiro atoms. The first-order valence-corrected chi connectivity index (χ1v) is 2.39. The van der Waals surface area contributed by atoms with Gasteiger partial charge in [-0.15, -0.1) is 0 Å². The Hall–Kier alpha value is -0.0100. The van der Waals surface area contributed by atoms with E-state index in [1.807, 2.05) is 0 Å². The van der Waals surface area contributed by atoms with Crippen molar-refractivity contribution in [3.05, 3.63) is 11.6 Å². The molecule has 0 saturated heterocycles. The minimum atomic E-state index is -0.929. The Kier molecular flexibility index (Phi) is 1.84. The van der Waals surface area contributed by atoms with Gasteiger partial charge in [0.15, 0.2) is 0 Å². The predicted molar refractivity (Wildman–Crippen MR) is 31.3 cm³/mol. The molecule has 0 aliphatic carbocycles. The van der Waals surface area contributed by atoms with E-state index in [4.69, 9.17) is 16.7 Å². The smallest absolute Gasteiger partial charge is 0.0939 e. The highest BCUT2D eigenvalue weighted by Crippen LogP contribution is 2.15. The normalized spacial score (nSPS) is 11.4. The van der Waals surface area contributed by atoms with E-state index in [1.165, 1.54) is 0 Å². The SMILES string of the molecule is C=C(Cl)C(C)(C)O. The zero-order valence-electron chi connectivity index (χ0n) is 4.53. The molecule has 1 nitrogen and oxygen atoms in total. The lowest BCUT2D eigenvalue weighted by Gasteiger charge is -2.13. The van der Waals surface area contributed by atoms with Gasteiger partial charge in [0.05, 0.1) is 5.60 Å². The summed E-state index contributed by atoms with van der Waals surface area (Å²) in [6.45, 7) is 6.51. The van der Waals surface area contributed by atoms with Crippen LogP contribution in [0.3, 0.4) is 0 Å². The minimum Gasteiger partial charge on any atom is -0.385 e. The van der Waals surface area contributed by atoms with Crippen LogP contribution in [0.1, 0.15) is 13.8 Å². The maximum Gasteiger partial charge on any atom is 0.0939 e. The average molecular weight is 121 g/mol. The van der Waals surface area contributed by atoms with E-state index in [2.05, 4.69) is 6.58 Å². The monoisotopic (exact) mass is 120 g/mol. The van der Waals surface area contributed by atoms with Gasteiger partial charge in [-0.1, -0.05) is 18.2 Å². The van der Waals surface area contributed by atoms with Gasteiger partial charge in [0.25, 0.3) is 0 Å². The molecule has 0 aromatic rings. The average Bonchev–Trinajstić information content (AvgIpc) is 1.31. The molecule has 42 valence electrons. The third-order valence-corrected chi connectivity index (χ3v) is 1.13. The van der Waals surface area contributed by atoms with Crippen molar-refractivity contribution in [1.29, 1.82) is 0 Å². The van der Waals surface area contributed by atoms with Crippen molar-refractivity contribution in [1.82, 2.24) is 0 Å². The molecule has 0 saturated carbocycles. The summed E-state index contributed by atoms with van der Waals surface area (Å²) in [7, 11) is 0. The van der Waals surface area contributed by atoms with Crippen LogP contribution >= 0.6 is 11.6 Å². The Labute approximate surface area is 48.6 Å². The fourth-order valence-corrected chi connectivity index (χ4v) is 0. The van der Waals surface area contributed by atoms with Crippen LogP contribution in [0.25, 0.3) is 0 Å². The van der Waals surface area contributed by atoms with Crippen molar-refractivity contribution in [3.8, 4) is 0 Å². The fourth-order valence-electron chi connectivity index (χ4n) is 0. The molecule has 0 aliphatic heterocycles. The number of hydrogen-bond acceptors (Lipinski definition) is 1. The van der Waals surface area contributed by atoms with Crippen molar-refractivity contribution < 1.29 is 5.11 Å². The number of aliphatic hydroxyl groups is 1. The van der Waals surface area contributed by atoms with Gasteiger partial charge in [-0.05, 0) is 13.8 Å². The molecule has 0 rings (SSSR count). The zero-order chi connectivity index (χ0) is 6.08. The molecular formula is C5H9ClO. The summed E-state index contributed by atoms with van der Waals surface area (Å²) in [5, 5.41) is 9.13. The van der Waals surface area contributed by atoms with Gasteiger partial charge < -0.3 is 5.11 Å². The van der Waals surface area contributed by atoms with Crippen molar-refractivity contribution in [2.75, 3.05) is 0 Å². The maximum atomic E-state index is 8.86. The van der Waals surface area contributed by atoms with E-state index in [9.17, 15) is 0 Å². The predicted octanol–water partition coefficient (Wildman–Crippen LogP) is 1.51. The molecule has 0 fully saturated rings. The lowest BCUT2D eigenvalue weighted by Crippen LogP contribution is -2.17. The molecule has 0 aliphatic rings. The first kappa shape index (κ1) is 6.99. The van der Waals surface area contributed by atoms with Crippen molar-refractivity contribution in [2.24, 2.45) is 0 Å². The van der Waals surface area contributed by atoms with Crippen molar-refractivity contribution >= 4 is 11.6 Å². The van der Waals surface area contributed by atoms with Gasteiger partial charge in [0, 0.05) is 5.03 Å².